The third kappa shape index (κ3) is 1.42. The molecule has 68 valence electrons. The summed E-state index contributed by atoms with van der Waals surface area (Å²) in [5, 5.41) is 10.1. The molecule has 0 aliphatic carbocycles. The second-order valence-electron chi connectivity index (χ2n) is 2.69. The lowest BCUT2D eigenvalue weighted by molar-refractivity contribution is 0.161. The number of hydrogen-bond donors (Lipinski definition) is 2. The van der Waals surface area contributed by atoms with E-state index in [1.54, 1.807) is 18.4 Å². The summed E-state index contributed by atoms with van der Waals surface area (Å²) in [6.45, 7) is 0.315. The van der Waals surface area contributed by atoms with Crippen LogP contribution in [0.3, 0.4) is 0 Å². The highest BCUT2D eigenvalue weighted by atomic mass is 35.5. The van der Waals surface area contributed by atoms with Crippen LogP contribution in [-0.2, 0) is 6.54 Å². The van der Waals surface area contributed by atoms with Crippen LogP contribution in [0.4, 0.5) is 0 Å². The normalized spacial score (nSPS) is 10.9. The van der Waals surface area contributed by atoms with E-state index >= 15 is 0 Å². The summed E-state index contributed by atoms with van der Waals surface area (Å²) in [6, 6.07) is 5.38. The molecule has 0 amide bonds. The molecule has 2 N–H and O–H groups in total. The molecule has 0 aliphatic rings. The third-order valence-electron chi connectivity index (χ3n) is 1.95. The Morgan fingerprint density at radius 2 is 2.23 bits per heavy atom. The Labute approximate surface area is 79.9 Å². The maximum Gasteiger partial charge on any atom is 0.134 e. The predicted molar refractivity (Wildman–Crippen MR) is 49.9 cm³/mol. The molecule has 1 aromatic carbocycles. The van der Waals surface area contributed by atoms with Crippen LogP contribution in [0.5, 0.6) is 0 Å². The molecular formula is C9H8ClNO2. The lowest BCUT2D eigenvalue weighted by atomic mass is 10.1. The van der Waals surface area contributed by atoms with E-state index in [1.807, 2.05) is 6.07 Å². The first kappa shape index (κ1) is 8.56. The highest BCUT2D eigenvalue weighted by molar-refractivity contribution is 6.32. The van der Waals surface area contributed by atoms with E-state index in [-0.39, 0.29) is 0 Å². The van der Waals surface area contributed by atoms with E-state index in [9.17, 15) is 0 Å². The van der Waals surface area contributed by atoms with Crippen molar-refractivity contribution in [3.8, 4) is 0 Å². The Morgan fingerprint density at radius 1 is 1.38 bits per heavy atom. The topological polar surface area (TPSA) is 45.4 Å². The van der Waals surface area contributed by atoms with E-state index in [1.165, 1.54) is 0 Å². The Balaban J connectivity index is 2.66. The van der Waals surface area contributed by atoms with Crippen LogP contribution >= 0.6 is 11.6 Å². The minimum absolute atomic E-state index is 0.315. The second kappa shape index (κ2) is 3.38. The van der Waals surface area contributed by atoms with Gasteiger partial charge in [-0.05, 0) is 23.8 Å². The van der Waals surface area contributed by atoms with Crippen LogP contribution in [0, 0.1) is 0 Å². The van der Waals surface area contributed by atoms with Gasteiger partial charge in [-0.2, -0.15) is 0 Å². The zero-order valence-electron chi connectivity index (χ0n) is 6.75. The van der Waals surface area contributed by atoms with Gasteiger partial charge >= 0.3 is 0 Å². The summed E-state index contributed by atoms with van der Waals surface area (Å²) in [5.41, 5.74) is 3.70. The summed E-state index contributed by atoms with van der Waals surface area (Å²) >= 11 is 5.95. The average Bonchev–Trinajstić information content (AvgIpc) is 2.58. The average molecular weight is 198 g/mol. The fraction of sp³-hybridized carbons (Fsp3) is 0.111. The van der Waals surface area contributed by atoms with Gasteiger partial charge in [0.2, 0.25) is 0 Å². The largest absolute Gasteiger partial charge is 0.464 e. The molecule has 2 rings (SSSR count). The summed E-state index contributed by atoms with van der Waals surface area (Å²) < 4.78 is 5.19. The predicted octanol–water partition coefficient (Wildman–Crippen LogP) is 2.57. The molecule has 4 heteroatoms. The standard InChI is InChI=1S/C9H8ClNO2/c10-8-1-2-9-6(3-4-13-9)7(8)5-11-12/h1-4,11-12H,5H2. The number of hydroxylamine groups is 1. The minimum atomic E-state index is 0.315. The zero-order chi connectivity index (χ0) is 9.26. The minimum Gasteiger partial charge on any atom is -0.464 e. The molecule has 2 aromatic rings. The molecule has 0 aliphatic heterocycles. The van der Waals surface area contributed by atoms with Gasteiger partial charge in [-0.15, -0.1) is 0 Å². The van der Waals surface area contributed by atoms with Gasteiger partial charge in [-0.3, -0.25) is 0 Å². The van der Waals surface area contributed by atoms with Crippen molar-refractivity contribution in [2.45, 2.75) is 6.54 Å². The summed E-state index contributed by atoms with van der Waals surface area (Å²) in [5.74, 6) is 0. The molecule has 1 aromatic heterocycles. The van der Waals surface area contributed by atoms with Crippen molar-refractivity contribution in [3.63, 3.8) is 0 Å². The molecule has 0 spiro atoms. The first-order chi connectivity index (χ1) is 6.33. The molecule has 0 fully saturated rings. The molecular weight excluding hydrogens is 190 g/mol. The molecule has 0 radical (unpaired) electrons. The SMILES string of the molecule is ONCc1c(Cl)ccc2occc12. The number of halogens is 1. The van der Waals surface area contributed by atoms with Crippen molar-refractivity contribution in [3.05, 3.63) is 35.0 Å². The van der Waals surface area contributed by atoms with Crippen molar-refractivity contribution in [1.82, 2.24) is 5.48 Å². The van der Waals surface area contributed by atoms with Gasteiger partial charge in [0, 0.05) is 17.0 Å². The first-order valence-corrected chi connectivity index (χ1v) is 4.22. The molecule has 13 heavy (non-hydrogen) atoms. The Kier molecular flexibility index (Phi) is 2.22. The van der Waals surface area contributed by atoms with Crippen LogP contribution in [0.2, 0.25) is 5.02 Å². The molecule has 0 unspecified atom stereocenters. The number of rotatable bonds is 2. The first-order valence-electron chi connectivity index (χ1n) is 3.84. The number of fused-ring (bicyclic) bond motifs is 1. The van der Waals surface area contributed by atoms with Crippen LogP contribution < -0.4 is 5.48 Å². The molecule has 0 saturated heterocycles. The number of benzene rings is 1. The van der Waals surface area contributed by atoms with Gasteiger partial charge in [0.15, 0.2) is 0 Å². The van der Waals surface area contributed by atoms with Crippen molar-refractivity contribution < 1.29 is 9.62 Å². The van der Waals surface area contributed by atoms with Crippen LogP contribution in [0.25, 0.3) is 11.0 Å². The maximum absolute atomic E-state index is 8.60. The van der Waals surface area contributed by atoms with Gasteiger partial charge in [0.25, 0.3) is 0 Å². The second-order valence-corrected chi connectivity index (χ2v) is 3.10. The van der Waals surface area contributed by atoms with Crippen LogP contribution in [0.15, 0.2) is 28.9 Å². The maximum atomic E-state index is 8.60. The van der Waals surface area contributed by atoms with Gasteiger partial charge < -0.3 is 9.62 Å². The lowest BCUT2D eigenvalue weighted by Gasteiger charge is -2.03. The quantitative estimate of drug-likeness (QED) is 0.728. The summed E-state index contributed by atoms with van der Waals surface area (Å²) in [4.78, 5) is 0. The fourth-order valence-corrected chi connectivity index (χ4v) is 1.57. The number of hydrogen-bond acceptors (Lipinski definition) is 3. The van der Waals surface area contributed by atoms with Crippen molar-refractivity contribution in [2.75, 3.05) is 0 Å². The molecule has 1 heterocycles. The van der Waals surface area contributed by atoms with E-state index in [2.05, 4.69) is 5.48 Å². The third-order valence-corrected chi connectivity index (χ3v) is 2.30. The monoisotopic (exact) mass is 197 g/mol. The van der Waals surface area contributed by atoms with Crippen molar-refractivity contribution in [2.24, 2.45) is 0 Å². The lowest BCUT2D eigenvalue weighted by Crippen LogP contribution is -2.06. The van der Waals surface area contributed by atoms with Crippen molar-refractivity contribution >= 4 is 22.6 Å². The zero-order valence-corrected chi connectivity index (χ0v) is 7.51. The molecule has 0 bridgehead atoms. The molecule has 0 saturated carbocycles. The van der Waals surface area contributed by atoms with Crippen molar-refractivity contribution in [1.29, 1.82) is 0 Å². The highest BCUT2D eigenvalue weighted by Crippen LogP contribution is 2.26. The van der Waals surface area contributed by atoms with Gasteiger partial charge in [0.05, 0.1) is 6.26 Å². The van der Waals surface area contributed by atoms with Crippen LogP contribution in [0.1, 0.15) is 5.56 Å². The van der Waals surface area contributed by atoms with E-state index in [0.717, 1.165) is 16.5 Å². The Hall–Kier alpha value is -1.03. The fourth-order valence-electron chi connectivity index (χ4n) is 1.34. The molecule has 3 nitrogen and oxygen atoms in total. The van der Waals surface area contributed by atoms with Gasteiger partial charge in [0.1, 0.15) is 5.58 Å². The van der Waals surface area contributed by atoms with E-state index < -0.39 is 0 Å². The van der Waals surface area contributed by atoms with Crippen LogP contribution in [-0.4, -0.2) is 5.21 Å². The Bertz CT molecular complexity index is 424. The summed E-state index contributed by atoms with van der Waals surface area (Å²) in [6.07, 6.45) is 1.60. The number of nitrogens with one attached hydrogen (secondary N) is 1. The van der Waals surface area contributed by atoms with E-state index in [0.29, 0.717) is 11.6 Å². The highest BCUT2D eigenvalue weighted by Gasteiger charge is 2.06. The Morgan fingerprint density at radius 3 is 3.00 bits per heavy atom. The van der Waals surface area contributed by atoms with Gasteiger partial charge in [-0.1, -0.05) is 11.6 Å². The summed E-state index contributed by atoms with van der Waals surface area (Å²) in [7, 11) is 0. The van der Waals surface area contributed by atoms with Gasteiger partial charge in [-0.25, -0.2) is 5.48 Å². The van der Waals surface area contributed by atoms with E-state index in [4.69, 9.17) is 21.2 Å². The smallest absolute Gasteiger partial charge is 0.134 e. The number of furan rings is 1. The molecule has 0 atom stereocenters.